The van der Waals surface area contributed by atoms with Crippen molar-refractivity contribution in [1.29, 1.82) is 0 Å². The first-order valence-corrected chi connectivity index (χ1v) is 6.85. The molecule has 1 saturated heterocycles. The van der Waals surface area contributed by atoms with E-state index in [-0.39, 0.29) is 0 Å². The molecule has 0 amide bonds. The van der Waals surface area contributed by atoms with Crippen LogP contribution in [0.3, 0.4) is 0 Å². The highest BCUT2D eigenvalue weighted by Crippen LogP contribution is 2.29. The standard InChI is InChI=1S/C15H24N2O2/c1-11(2)15-10-17(6-5-16-15)12-7-13(18-3)9-14(8-12)19-4/h7-9,11,15-16H,5-6,10H2,1-4H3. The van der Waals surface area contributed by atoms with Crippen molar-refractivity contribution in [3.05, 3.63) is 18.2 Å². The number of nitrogens with zero attached hydrogens (tertiary/aromatic N) is 1. The molecule has 0 bridgehead atoms. The Labute approximate surface area is 115 Å². The van der Waals surface area contributed by atoms with Gasteiger partial charge in [0.05, 0.1) is 14.2 Å². The maximum absolute atomic E-state index is 5.34. The lowest BCUT2D eigenvalue weighted by Gasteiger charge is -2.37. The van der Waals surface area contributed by atoms with Gasteiger partial charge in [0.25, 0.3) is 0 Å². The highest BCUT2D eigenvalue weighted by Gasteiger charge is 2.22. The number of hydrogen-bond donors (Lipinski definition) is 1. The minimum absolute atomic E-state index is 0.533. The second-order valence-corrected chi connectivity index (χ2v) is 5.32. The molecule has 1 aliphatic heterocycles. The molecule has 1 aliphatic rings. The summed E-state index contributed by atoms with van der Waals surface area (Å²) in [5.74, 6) is 2.32. The van der Waals surface area contributed by atoms with Crippen molar-refractivity contribution in [2.24, 2.45) is 5.92 Å². The van der Waals surface area contributed by atoms with Gasteiger partial charge in [0.15, 0.2) is 0 Å². The van der Waals surface area contributed by atoms with E-state index in [9.17, 15) is 0 Å². The molecule has 19 heavy (non-hydrogen) atoms. The molecule has 1 atom stereocenters. The zero-order valence-corrected chi connectivity index (χ0v) is 12.3. The van der Waals surface area contributed by atoms with E-state index in [0.717, 1.165) is 31.1 Å². The fourth-order valence-corrected chi connectivity index (χ4v) is 2.43. The van der Waals surface area contributed by atoms with Crippen LogP contribution in [0, 0.1) is 5.92 Å². The number of anilines is 1. The van der Waals surface area contributed by atoms with Crippen LogP contribution in [0.5, 0.6) is 11.5 Å². The topological polar surface area (TPSA) is 33.7 Å². The summed E-state index contributed by atoms with van der Waals surface area (Å²) in [5, 5.41) is 3.57. The van der Waals surface area contributed by atoms with Crippen LogP contribution in [0.25, 0.3) is 0 Å². The highest BCUT2D eigenvalue weighted by atomic mass is 16.5. The second-order valence-electron chi connectivity index (χ2n) is 5.32. The molecule has 0 spiro atoms. The summed E-state index contributed by atoms with van der Waals surface area (Å²) in [6, 6.07) is 6.59. The van der Waals surface area contributed by atoms with Gasteiger partial charge in [-0.1, -0.05) is 13.8 Å². The van der Waals surface area contributed by atoms with Crippen LogP contribution in [-0.4, -0.2) is 39.9 Å². The van der Waals surface area contributed by atoms with Crippen LogP contribution < -0.4 is 19.7 Å². The lowest BCUT2D eigenvalue weighted by atomic mass is 10.0. The van der Waals surface area contributed by atoms with Gasteiger partial charge in [-0.15, -0.1) is 0 Å². The quantitative estimate of drug-likeness (QED) is 0.903. The van der Waals surface area contributed by atoms with Crippen molar-refractivity contribution in [2.75, 3.05) is 38.8 Å². The number of nitrogens with one attached hydrogen (secondary N) is 1. The lowest BCUT2D eigenvalue weighted by molar-refractivity contribution is 0.366. The normalized spacial score (nSPS) is 19.6. The van der Waals surface area contributed by atoms with Gasteiger partial charge in [0.2, 0.25) is 0 Å². The van der Waals surface area contributed by atoms with Crippen LogP contribution >= 0.6 is 0 Å². The summed E-state index contributed by atoms with van der Waals surface area (Å²) in [7, 11) is 3.38. The molecule has 2 rings (SSSR count). The Morgan fingerprint density at radius 2 is 1.79 bits per heavy atom. The molecular formula is C15H24N2O2. The number of piperazine rings is 1. The first-order chi connectivity index (χ1) is 9.13. The van der Waals surface area contributed by atoms with Crippen molar-refractivity contribution in [3.63, 3.8) is 0 Å². The van der Waals surface area contributed by atoms with Crippen molar-refractivity contribution in [3.8, 4) is 11.5 Å². The minimum Gasteiger partial charge on any atom is -0.497 e. The fourth-order valence-electron chi connectivity index (χ4n) is 2.43. The summed E-state index contributed by atoms with van der Waals surface area (Å²) in [6.07, 6.45) is 0. The van der Waals surface area contributed by atoms with Gasteiger partial charge >= 0.3 is 0 Å². The van der Waals surface area contributed by atoms with Crippen LogP contribution in [-0.2, 0) is 0 Å². The molecule has 106 valence electrons. The van der Waals surface area contributed by atoms with Gasteiger partial charge in [-0.05, 0) is 5.92 Å². The maximum Gasteiger partial charge on any atom is 0.124 e. The van der Waals surface area contributed by atoms with E-state index in [1.54, 1.807) is 14.2 Å². The van der Waals surface area contributed by atoms with Crippen LogP contribution in [0.2, 0.25) is 0 Å². The molecule has 1 aromatic carbocycles. The molecule has 0 radical (unpaired) electrons. The third-order valence-corrected chi connectivity index (χ3v) is 3.71. The van der Waals surface area contributed by atoms with E-state index in [4.69, 9.17) is 9.47 Å². The summed E-state index contributed by atoms with van der Waals surface area (Å²) in [4.78, 5) is 2.40. The Kier molecular flexibility index (Phi) is 4.53. The molecule has 0 saturated carbocycles. The lowest BCUT2D eigenvalue weighted by Crippen LogP contribution is -2.53. The number of benzene rings is 1. The van der Waals surface area contributed by atoms with Crippen LogP contribution in [0.4, 0.5) is 5.69 Å². The Hall–Kier alpha value is -1.42. The predicted octanol–water partition coefficient (Wildman–Crippen LogP) is 2.14. The van der Waals surface area contributed by atoms with Crippen molar-refractivity contribution in [1.82, 2.24) is 5.32 Å². The van der Waals surface area contributed by atoms with Gasteiger partial charge in [-0.3, -0.25) is 0 Å². The minimum atomic E-state index is 0.533. The number of methoxy groups -OCH3 is 2. The van der Waals surface area contributed by atoms with Gasteiger partial charge in [0.1, 0.15) is 11.5 Å². The van der Waals surface area contributed by atoms with Gasteiger partial charge in [-0.2, -0.15) is 0 Å². The molecule has 1 aromatic rings. The first-order valence-electron chi connectivity index (χ1n) is 6.85. The molecule has 0 aromatic heterocycles. The van der Waals surface area contributed by atoms with E-state index in [0.29, 0.717) is 12.0 Å². The van der Waals surface area contributed by atoms with Gasteiger partial charge in [-0.25, -0.2) is 0 Å². The number of ether oxygens (including phenoxy) is 2. The molecule has 0 aliphatic carbocycles. The summed E-state index contributed by atoms with van der Waals surface area (Å²) in [6.45, 7) is 7.57. The molecule has 1 fully saturated rings. The number of rotatable bonds is 4. The molecule has 1 N–H and O–H groups in total. The molecular weight excluding hydrogens is 240 g/mol. The fraction of sp³-hybridized carbons (Fsp3) is 0.600. The Bertz CT molecular complexity index is 398. The average molecular weight is 264 g/mol. The highest BCUT2D eigenvalue weighted by molar-refractivity contribution is 5.56. The largest absolute Gasteiger partial charge is 0.497 e. The van der Waals surface area contributed by atoms with E-state index < -0.39 is 0 Å². The Balaban J connectivity index is 2.20. The molecule has 1 heterocycles. The number of hydrogen-bond acceptors (Lipinski definition) is 4. The third kappa shape index (κ3) is 3.32. The zero-order chi connectivity index (χ0) is 13.8. The van der Waals surface area contributed by atoms with Crippen molar-refractivity contribution in [2.45, 2.75) is 19.9 Å². The van der Waals surface area contributed by atoms with Gasteiger partial charge in [0, 0.05) is 49.6 Å². The Morgan fingerprint density at radius 1 is 1.16 bits per heavy atom. The van der Waals surface area contributed by atoms with Gasteiger partial charge < -0.3 is 19.7 Å². The SMILES string of the molecule is COc1cc(OC)cc(N2CCNC(C(C)C)C2)c1. The summed E-state index contributed by atoms with van der Waals surface area (Å²) < 4.78 is 10.7. The smallest absolute Gasteiger partial charge is 0.124 e. The Morgan fingerprint density at radius 3 is 2.32 bits per heavy atom. The van der Waals surface area contributed by atoms with Crippen molar-refractivity contribution < 1.29 is 9.47 Å². The van der Waals surface area contributed by atoms with Crippen LogP contribution in [0.15, 0.2) is 18.2 Å². The maximum atomic E-state index is 5.34. The molecule has 4 nitrogen and oxygen atoms in total. The third-order valence-electron chi connectivity index (χ3n) is 3.71. The monoisotopic (exact) mass is 264 g/mol. The van der Waals surface area contributed by atoms with E-state index in [2.05, 4.69) is 36.2 Å². The summed E-state index contributed by atoms with van der Waals surface area (Å²) >= 11 is 0. The van der Waals surface area contributed by atoms with E-state index in [1.807, 2.05) is 6.07 Å². The van der Waals surface area contributed by atoms with E-state index >= 15 is 0 Å². The summed E-state index contributed by atoms with van der Waals surface area (Å²) in [5.41, 5.74) is 1.17. The zero-order valence-electron chi connectivity index (χ0n) is 12.3. The van der Waals surface area contributed by atoms with Crippen molar-refractivity contribution >= 4 is 5.69 Å². The molecule has 1 unspecified atom stereocenters. The van der Waals surface area contributed by atoms with Crippen LogP contribution in [0.1, 0.15) is 13.8 Å². The van der Waals surface area contributed by atoms with E-state index in [1.165, 1.54) is 5.69 Å². The molecule has 4 heteroatoms. The first kappa shape index (κ1) is 14.0. The predicted molar refractivity (Wildman–Crippen MR) is 78.4 cm³/mol. The average Bonchev–Trinajstić information content (AvgIpc) is 2.46. The second kappa shape index (κ2) is 6.15.